The number of ether oxygens (including phenoxy) is 3. The van der Waals surface area contributed by atoms with Crippen LogP contribution in [-0.2, 0) is 28.2 Å². The number of hydrogen-bond acceptors (Lipinski definition) is 6. The highest BCUT2D eigenvalue weighted by atomic mass is 28.4. The molecule has 1 aliphatic carbocycles. The van der Waals surface area contributed by atoms with Crippen molar-refractivity contribution < 1.29 is 32.6 Å². The number of carbonyl (C=O) groups excluding carboxylic acids is 2. The molecule has 5 rings (SSSR count). The summed E-state index contributed by atoms with van der Waals surface area (Å²) < 4.78 is 38.8. The van der Waals surface area contributed by atoms with E-state index in [2.05, 4.69) is 89.2 Å². The van der Waals surface area contributed by atoms with E-state index >= 15 is 0 Å². The predicted molar refractivity (Wildman–Crippen MR) is 198 cm³/mol. The van der Waals surface area contributed by atoms with Gasteiger partial charge in [0.2, 0.25) is 0 Å². The average molecular weight is 699 g/mol. The molecule has 3 aromatic rings. The minimum Gasteiger partial charge on any atom is -0.464 e. The van der Waals surface area contributed by atoms with Crippen LogP contribution in [0.2, 0.25) is 5.04 Å². The largest absolute Gasteiger partial charge is 0.464 e. The first-order valence-electron chi connectivity index (χ1n) is 17.7. The van der Waals surface area contributed by atoms with E-state index in [1.165, 1.54) is 6.07 Å². The molecule has 0 bridgehead atoms. The second-order valence-corrected chi connectivity index (χ2v) is 19.4. The minimum absolute atomic E-state index is 0.125. The first-order valence-corrected chi connectivity index (χ1v) is 19.6. The van der Waals surface area contributed by atoms with Crippen molar-refractivity contribution in [2.75, 3.05) is 13.2 Å². The van der Waals surface area contributed by atoms with Gasteiger partial charge in [-0.2, -0.15) is 0 Å². The fraction of sp³-hybridized carbons (Fsp3) is 0.429. The highest BCUT2D eigenvalue weighted by Gasteiger charge is 2.52. The number of hydrogen-bond donors (Lipinski definition) is 0. The molecule has 1 aliphatic heterocycles. The van der Waals surface area contributed by atoms with Crippen LogP contribution >= 0.6 is 0 Å². The van der Waals surface area contributed by atoms with Crippen LogP contribution < -0.4 is 10.4 Å². The number of rotatable bonds is 11. The molecule has 0 aromatic heterocycles. The Kier molecular flexibility index (Phi) is 11.7. The van der Waals surface area contributed by atoms with Crippen LogP contribution in [0.25, 0.3) is 5.57 Å². The Morgan fingerprint density at radius 2 is 1.62 bits per heavy atom. The van der Waals surface area contributed by atoms with E-state index < -0.39 is 20.4 Å². The molecule has 0 saturated carbocycles. The third kappa shape index (κ3) is 8.36. The molecule has 1 saturated heterocycles. The van der Waals surface area contributed by atoms with Gasteiger partial charge in [-0.25, -0.2) is 9.18 Å². The van der Waals surface area contributed by atoms with Gasteiger partial charge in [0.15, 0.2) is 0 Å². The van der Waals surface area contributed by atoms with Gasteiger partial charge in [0.25, 0.3) is 8.32 Å². The lowest BCUT2D eigenvalue weighted by Gasteiger charge is -2.46. The fourth-order valence-electron chi connectivity index (χ4n) is 7.58. The van der Waals surface area contributed by atoms with Crippen LogP contribution in [0, 0.1) is 18.2 Å². The Morgan fingerprint density at radius 1 is 0.980 bits per heavy atom. The van der Waals surface area contributed by atoms with Crippen molar-refractivity contribution in [2.24, 2.45) is 5.41 Å². The molecule has 50 heavy (non-hydrogen) atoms. The van der Waals surface area contributed by atoms with Gasteiger partial charge >= 0.3 is 11.9 Å². The van der Waals surface area contributed by atoms with Crippen molar-refractivity contribution in [1.82, 2.24) is 0 Å². The summed E-state index contributed by atoms with van der Waals surface area (Å²) in [4.78, 5) is 25.3. The normalized spacial score (nSPS) is 21.3. The van der Waals surface area contributed by atoms with Gasteiger partial charge in [-0.05, 0) is 88.0 Å². The van der Waals surface area contributed by atoms with E-state index in [9.17, 15) is 14.0 Å². The maximum Gasteiger partial charge on any atom is 0.332 e. The lowest BCUT2D eigenvalue weighted by molar-refractivity contribution is -0.156. The quantitative estimate of drug-likeness (QED) is 0.150. The predicted octanol–water partition coefficient (Wildman–Crippen LogP) is 7.86. The molecule has 3 aromatic carbocycles. The Labute approximate surface area is 297 Å². The molecule has 1 fully saturated rings. The van der Waals surface area contributed by atoms with E-state index in [0.29, 0.717) is 31.4 Å². The zero-order valence-corrected chi connectivity index (χ0v) is 31.5. The summed E-state index contributed by atoms with van der Waals surface area (Å²) in [5.41, 5.74) is 3.15. The zero-order valence-electron chi connectivity index (χ0n) is 30.5. The monoisotopic (exact) mass is 698 g/mol. The summed E-state index contributed by atoms with van der Waals surface area (Å²) in [6, 6.07) is 26.0. The lowest BCUT2D eigenvalue weighted by atomic mass is 9.69. The highest BCUT2D eigenvalue weighted by Crippen LogP contribution is 2.46. The van der Waals surface area contributed by atoms with Gasteiger partial charge < -0.3 is 18.6 Å². The lowest BCUT2D eigenvalue weighted by Crippen LogP contribution is -2.68. The average Bonchev–Trinajstić information content (AvgIpc) is 3.06. The zero-order chi connectivity index (χ0) is 36.1. The molecule has 2 aliphatic rings. The second kappa shape index (κ2) is 15.6. The van der Waals surface area contributed by atoms with E-state index in [0.717, 1.165) is 27.1 Å². The summed E-state index contributed by atoms with van der Waals surface area (Å²) in [5.74, 6) is -0.946. The number of cyclic esters (lactones) is 1. The molecular weight excluding hydrogens is 648 g/mol. The summed E-state index contributed by atoms with van der Waals surface area (Å²) in [6.07, 6.45) is 4.90. The molecule has 266 valence electrons. The maximum atomic E-state index is 14.4. The second-order valence-electron chi connectivity index (χ2n) is 15.1. The van der Waals surface area contributed by atoms with Gasteiger partial charge in [-0.15, -0.1) is 0 Å². The fourth-order valence-corrected chi connectivity index (χ4v) is 12.3. The number of benzene rings is 3. The van der Waals surface area contributed by atoms with Crippen LogP contribution in [0.3, 0.4) is 0 Å². The van der Waals surface area contributed by atoms with Crippen molar-refractivity contribution in [2.45, 2.75) is 97.5 Å². The molecular formula is C42H51FO6Si. The molecule has 6 nitrogen and oxygen atoms in total. The third-order valence-electron chi connectivity index (χ3n) is 9.88. The molecule has 8 heteroatoms. The van der Waals surface area contributed by atoms with Gasteiger partial charge in [-0.1, -0.05) is 107 Å². The van der Waals surface area contributed by atoms with Crippen LogP contribution in [0.1, 0.15) is 78.4 Å². The van der Waals surface area contributed by atoms with Crippen LogP contribution in [0.5, 0.6) is 0 Å². The van der Waals surface area contributed by atoms with Gasteiger partial charge in [0.1, 0.15) is 18.5 Å². The summed E-state index contributed by atoms with van der Waals surface area (Å²) in [6.45, 7) is 14.7. The van der Waals surface area contributed by atoms with Crippen LogP contribution in [0.4, 0.5) is 4.39 Å². The number of esters is 2. The Morgan fingerprint density at radius 3 is 2.20 bits per heavy atom. The summed E-state index contributed by atoms with van der Waals surface area (Å²) in [7, 11) is -2.89. The topological polar surface area (TPSA) is 71.1 Å². The van der Waals surface area contributed by atoms with Crippen LogP contribution in [0.15, 0.2) is 96.6 Å². The Balaban J connectivity index is 1.48. The molecule has 1 heterocycles. The summed E-state index contributed by atoms with van der Waals surface area (Å²) >= 11 is 0. The van der Waals surface area contributed by atoms with E-state index in [1.54, 1.807) is 19.9 Å². The van der Waals surface area contributed by atoms with Gasteiger partial charge in [-0.3, -0.25) is 4.79 Å². The standard InChI is InChI=1S/C42H51FO6Si/c1-8-46-40(45)28-47-33-25-36(30-19-22-38(43)29(2)23-30)37(42(6,7)27-33)21-20-31-24-32(26-39(44)48-31)49-50(41(3,4)5,34-15-11-9-12-16-34)35-17-13-10-14-18-35/h9-23,31-33H,8,24-28H2,1-7H3/b21-20+/t31-,32-,33?/m1/s1. The first kappa shape index (κ1) is 37.4. The van der Waals surface area contributed by atoms with Crippen molar-refractivity contribution in [3.8, 4) is 0 Å². The molecule has 3 atom stereocenters. The molecule has 0 spiro atoms. The first-order chi connectivity index (χ1) is 23.7. The number of carbonyl (C=O) groups is 2. The smallest absolute Gasteiger partial charge is 0.332 e. The van der Waals surface area contributed by atoms with Crippen molar-refractivity contribution >= 4 is 36.2 Å². The summed E-state index contributed by atoms with van der Waals surface area (Å²) in [5, 5.41) is 2.10. The number of halogens is 1. The van der Waals surface area contributed by atoms with Crippen molar-refractivity contribution in [3.63, 3.8) is 0 Å². The molecule has 0 amide bonds. The van der Waals surface area contributed by atoms with Crippen molar-refractivity contribution in [3.05, 3.63) is 114 Å². The number of aryl methyl sites for hydroxylation is 1. The van der Waals surface area contributed by atoms with Crippen molar-refractivity contribution in [1.29, 1.82) is 0 Å². The van der Waals surface area contributed by atoms with E-state index in [4.69, 9.17) is 18.6 Å². The van der Waals surface area contributed by atoms with E-state index in [1.807, 2.05) is 24.3 Å². The third-order valence-corrected chi connectivity index (χ3v) is 15.0. The van der Waals surface area contributed by atoms with Gasteiger partial charge in [0.05, 0.1) is 25.2 Å². The molecule has 0 N–H and O–H groups in total. The molecule has 1 unspecified atom stereocenters. The minimum atomic E-state index is -2.89. The van der Waals surface area contributed by atoms with Gasteiger partial charge in [0, 0.05) is 6.42 Å². The Hall–Kier alpha value is -3.85. The number of allylic oxidation sites excluding steroid dienone is 2. The highest BCUT2D eigenvalue weighted by molar-refractivity contribution is 6.99. The molecule has 0 radical (unpaired) electrons. The Bertz CT molecular complexity index is 1670. The maximum absolute atomic E-state index is 14.4. The van der Waals surface area contributed by atoms with E-state index in [-0.39, 0.29) is 47.5 Å². The SMILES string of the molecule is CCOC(=O)COC1CC(c2ccc(F)c(C)c2)=C(/C=C/[C@@H]2C[C@@H](O[Si](c3ccccc3)(c3ccccc3)C(C)(C)C)CC(=O)O2)C(C)(C)C1. The van der Waals surface area contributed by atoms with Crippen LogP contribution in [-0.4, -0.2) is 51.8 Å².